The highest BCUT2D eigenvalue weighted by Gasteiger charge is 2.30. The van der Waals surface area contributed by atoms with Crippen molar-refractivity contribution in [2.75, 3.05) is 13.1 Å². The lowest BCUT2D eigenvalue weighted by molar-refractivity contribution is -0.142. The number of rotatable bonds is 6. The summed E-state index contributed by atoms with van der Waals surface area (Å²) < 4.78 is 7.28. The Morgan fingerprint density at radius 2 is 2.04 bits per heavy atom. The van der Waals surface area contributed by atoms with Crippen LogP contribution in [0.1, 0.15) is 36.0 Å². The third kappa shape index (κ3) is 3.62. The predicted octanol–water partition coefficient (Wildman–Crippen LogP) is 0.948. The summed E-state index contributed by atoms with van der Waals surface area (Å²) in [4.78, 5) is 36.4. The number of nitrogens with one attached hydrogen (secondary N) is 1. The second-order valence-electron chi connectivity index (χ2n) is 6.08. The van der Waals surface area contributed by atoms with E-state index in [9.17, 15) is 14.4 Å². The van der Waals surface area contributed by atoms with E-state index in [-0.39, 0.29) is 49.7 Å². The number of amides is 3. The lowest BCUT2D eigenvalue weighted by Crippen LogP contribution is -2.41. The minimum absolute atomic E-state index is 0.174. The zero-order valence-corrected chi connectivity index (χ0v) is 14.2. The van der Waals surface area contributed by atoms with Gasteiger partial charge in [0, 0.05) is 25.1 Å². The normalized spacial score (nSPS) is 15.7. The Bertz CT molecular complexity index is 778. The maximum absolute atomic E-state index is 12.2. The molecule has 25 heavy (non-hydrogen) atoms. The van der Waals surface area contributed by atoms with Crippen LogP contribution >= 0.6 is 0 Å². The molecule has 1 atom stereocenters. The summed E-state index contributed by atoms with van der Waals surface area (Å²) in [6.45, 7) is 3.81. The van der Waals surface area contributed by atoms with Crippen LogP contribution in [0.15, 0.2) is 28.9 Å². The van der Waals surface area contributed by atoms with Gasteiger partial charge >= 0.3 is 0 Å². The van der Waals surface area contributed by atoms with Crippen molar-refractivity contribution in [2.45, 2.75) is 32.7 Å². The Kier molecular flexibility index (Phi) is 4.69. The number of nitrogens with zero attached hydrogens (tertiary/aromatic N) is 3. The minimum Gasteiger partial charge on any atom is -0.467 e. The smallest absolute Gasteiger partial charge is 0.240 e. The molecule has 3 amide bonds. The number of furan rings is 1. The highest BCUT2D eigenvalue weighted by Crippen LogP contribution is 2.20. The number of imide groups is 1. The highest BCUT2D eigenvalue weighted by atomic mass is 16.3. The molecule has 8 heteroatoms. The molecule has 8 nitrogen and oxygen atoms in total. The fourth-order valence-electron chi connectivity index (χ4n) is 2.96. The van der Waals surface area contributed by atoms with E-state index in [1.807, 2.05) is 26.0 Å². The summed E-state index contributed by atoms with van der Waals surface area (Å²) in [7, 11) is 0. The van der Waals surface area contributed by atoms with E-state index >= 15 is 0 Å². The third-order valence-electron chi connectivity index (χ3n) is 4.16. The van der Waals surface area contributed by atoms with Crippen molar-refractivity contribution in [3.8, 4) is 0 Å². The number of hydrogen-bond donors (Lipinski definition) is 1. The molecule has 2 aromatic rings. The van der Waals surface area contributed by atoms with Gasteiger partial charge in [-0.15, -0.1) is 0 Å². The van der Waals surface area contributed by atoms with Crippen molar-refractivity contribution in [2.24, 2.45) is 0 Å². The molecule has 2 aromatic heterocycles. The Labute approximate surface area is 144 Å². The largest absolute Gasteiger partial charge is 0.467 e. The van der Waals surface area contributed by atoms with Crippen LogP contribution < -0.4 is 5.32 Å². The first-order valence-corrected chi connectivity index (χ1v) is 8.11. The molecule has 132 valence electrons. The molecule has 1 aliphatic rings. The second kappa shape index (κ2) is 6.92. The standard InChI is InChI=1S/C17H20N4O4/c1-11-8-12(2)21(19-11)13(14-4-3-7-25-14)9-18-15(22)10-20-16(23)5-6-17(20)24/h3-4,7-8,13H,5-6,9-10H2,1-2H3,(H,18,22)/t13-/m1/s1. The summed E-state index contributed by atoms with van der Waals surface area (Å²) in [6, 6.07) is 5.23. The van der Waals surface area contributed by atoms with Crippen LogP contribution in [0.3, 0.4) is 0 Å². The van der Waals surface area contributed by atoms with Gasteiger partial charge < -0.3 is 9.73 Å². The van der Waals surface area contributed by atoms with Crippen LogP contribution in [0, 0.1) is 13.8 Å². The van der Waals surface area contributed by atoms with E-state index in [0.717, 1.165) is 16.3 Å². The van der Waals surface area contributed by atoms with Crippen LogP contribution in [0.25, 0.3) is 0 Å². The molecule has 1 saturated heterocycles. The number of carbonyl (C=O) groups excluding carboxylic acids is 3. The van der Waals surface area contributed by atoms with Gasteiger partial charge in [0.2, 0.25) is 17.7 Å². The predicted molar refractivity (Wildman–Crippen MR) is 87.5 cm³/mol. The van der Waals surface area contributed by atoms with Gasteiger partial charge in [0.1, 0.15) is 18.3 Å². The zero-order chi connectivity index (χ0) is 18.0. The molecule has 0 aliphatic carbocycles. The Balaban J connectivity index is 1.69. The van der Waals surface area contributed by atoms with E-state index in [0.29, 0.717) is 5.76 Å². The van der Waals surface area contributed by atoms with Gasteiger partial charge in [-0.3, -0.25) is 24.0 Å². The number of carbonyl (C=O) groups is 3. The maximum atomic E-state index is 12.2. The van der Waals surface area contributed by atoms with Gasteiger partial charge in [-0.05, 0) is 32.0 Å². The van der Waals surface area contributed by atoms with Gasteiger partial charge in [-0.1, -0.05) is 0 Å². The van der Waals surface area contributed by atoms with Gasteiger partial charge in [0.05, 0.1) is 12.0 Å². The molecule has 1 fully saturated rings. The monoisotopic (exact) mass is 344 g/mol. The minimum atomic E-state index is -0.387. The molecule has 0 saturated carbocycles. The average molecular weight is 344 g/mol. The lowest BCUT2D eigenvalue weighted by atomic mass is 10.2. The molecule has 3 heterocycles. The second-order valence-corrected chi connectivity index (χ2v) is 6.08. The Morgan fingerprint density at radius 3 is 2.60 bits per heavy atom. The van der Waals surface area contributed by atoms with Crippen LogP contribution in [-0.2, 0) is 14.4 Å². The van der Waals surface area contributed by atoms with Crippen LogP contribution in [0.2, 0.25) is 0 Å². The van der Waals surface area contributed by atoms with E-state index in [1.165, 1.54) is 0 Å². The van der Waals surface area contributed by atoms with Crippen molar-refractivity contribution in [3.05, 3.63) is 41.6 Å². The molecule has 0 unspecified atom stereocenters. The summed E-state index contributed by atoms with van der Waals surface area (Å²) in [5, 5.41) is 7.23. The lowest BCUT2D eigenvalue weighted by Gasteiger charge is -2.19. The number of hydrogen-bond acceptors (Lipinski definition) is 5. The number of aryl methyl sites for hydroxylation is 2. The van der Waals surface area contributed by atoms with Gasteiger partial charge in [-0.25, -0.2) is 0 Å². The van der Waals surface area contributed by atoms with Crippen LogP contribution in [0.4, 0.5) is 0 Å². The SMILES string of the molecule is Cc1cc(C)n([C@H](CNC(=O)CN2C(=O)CCC2=O)c2ccco2)n1. The number of likely N-dealkylation sites (tertiary alicyclic amines) is 1. The highest BCUT2D eigenvalue weighted by molar-refractivity contribution is 6.04. The van der Waals surface area contributed by atoms with Crippen LogP contribution in [0.5, 0.6) is 0 Å². The van der Waals surface area contributed by atoms with E-state index in [2.05, 4.69) is 10.4 Å². The zero-order valence-electron chi connectivity index (χ0n) is 14.2. The number of aromatic nitrogens is 2. The maximum Gasteiger partial charge on any atom is 0.240 e. The van der Waals surface area contributed by atoms with E-state index < -0.39 is 0 Å². The van der Waals surface area contributed by atoms with E-state index in [1.54, 1.807) is 17.0 Å². The van der Waals surface area contributed by atoms with Crippen LogP contribution in [-0.4, -0.2) is 45.5 Å². The fourth-order valence-corrected chi connectivity index (χ4v) is 2.96. The Morgan fingerprint density at radius 1 is 1.32 bits per heavy atom. The van der Waals surface area contributed by atoms with Gasteiger partial charge in [0.25, 0.3) is 0 Å². The Hall–Kier alpha value is -2.90. The molecular formula is C17H20N4O4. The van der Waals surface area contributed by atoms with Crippen molar-refractivity contribution < 1.29 is 18.8 Å². The molecular weight excluding hydrogens is 324 g/mol. The quantitative estimate of drug-likeness (QED) is 0.787. The molecule has 0 bridgehead atoms. The topological polar surface area (TPSA) is 97.4 Å². The van der Waals surface area contributed by atoms with Crippen molar-refractivity contribution >= 4 is 17.7 Å². The summed E-state index contributed by atoms with van der Waals surface area (Å²) in [5.74, 6) is -0.330. The van der Waals surface area contributed by atoms with Crippen molar-refractivity contribution in [1.82, 2.24) is 20.0 Å². The fraction of sp³-hybridized carbons (Fsp3) is 0.412. The first-order chi connectivity index (χ1) is 12.0. The van der Waals surface area contributed by atoms with Gasteiger partial charge in [0.15, 0.2) is 0 Å². The average Bonchev–Trinajstić information content (AvgIpc) is 3.27. The molecule has 0 radical (unpaired) electrons. The first kappa shape index (κ1) is 16.9. The molecule has 0 aromatic carbocycles. The molecule has 3 rings (SSSR count). The first-order valence-electron chi connectivity index (χ1n) is 8.11. The third-order valence-corrected chi connectivity index (χ3v) is 4.16. The summed E-state index contributed by atoms with van der Waals surface area (Å²) >= 11 is 0. The van der Waals surface area contributed by atoms with E-state index in [4.69, 9.17) is 4.42 Å². The van der Waals surface area contributed by atoms with Crippen molar-refractivity contribution in [3.63, 3.8) is 0 Å². The molecule has 1 aliphatic heterocycles. The van der Waals surface area contributed by atoms with Gasteiger partial charge in [-0.2, -0.15) is 5.10 Å². The summed E-state index contributed by atoms with van der Waals surface area (Å²) in [6.07, 6.45) is 1.91. The molecule has 0 spiro atoms. The summed E-state index contributed by atoms with van der Waals surface area (Å²) in [5.41, 5.74) is 1.81. The van der Waals surface area contributed by atoms with Crippen molar-refractivity contribution in [1.29, 1.82) is 0 Å². The molecule has 1 N–H and O–H groups in total.